The van der Waals surface area contributed by atoms with E-state index < -0.39 is 10.0 Å². The van der Waals surface area contributed by atoms with E-state index in [1.54, 1.807) is 12.1 Å². The van der Waals surface area contributed by atoms with Crippen molar-refractivity contribution in [1.29, 1.82) is 0 Å². The number of aliphatic hydroxyl groups excluding tert-OH is 1. The normalized spacial score (nSPS) is 11.9. The van der Waals surface area contributed by atoms with Crippen molar-refractivity contribution in [3.63, 3.8) is 0 Å². The van der Waals surface area contributed by atoms with Crippen LogP contribution >= 0.6 is 50.2 Å². The summed E-state index contributed by atoms with van der Waals surface area (Å²) in [7, 11) is -3.60. The Hall–Kier alpha value is 0.0400. The molecule has 0 saturated heterocycles. The lowest BCUT2D eigenvalue weighted by Crippen LogP contribution is -2.22. The fourth-order valence-electron chi connectivity index (χ4n) is 1.35. The minimum Gasteiger partial charge on any atom is -0.391 e. The molecule has 0 unspecified atom stereocenters. The standard InChI is InChI=1S/C10H9BrClNO3S3/c11-10-8(3-7(5-14)18-10)19(15,16)13-4-6-1-2-9(12)17-6/h1-3,13-14H,4-5H2. The van der Waals surface area contributed by atoms with Gasteiger partial charge in [0.25, 0.3) is 0 Å². The third-order valence-corrected chi connectivity index (χ3v) is 7.09. The van der Waals surface area contributed by atoms with Crippen molar-refractivity contribution in [1.82, 2.24) is 4.72 Å². The Morgan fingerprint density at radius 1 is 1.32 bits per heavy atom. The van der Waals surface area contributed by atoms with Gasteiger partial charge in [0.15, 0.2) is 0 Å². The van der Waals surface area contributed by atoms with E-state index in [1.807, 2.05) is 0 Å². The van der Waals surface area contributed by atoms with Gasteiger partial charge in [-0.15, -0.1) is 22.7 Å². The Morgan fingerprint density at radius 2 is 2.05 bits per heavy atom. The second-order valence-electron chi connectivity index (χ2n) is 3.54. The summed E-state index contributed by atoms with van der Waals surface area (Å²) in [5, 5.41) is 9.01. The molecule has 4 nitrogen and oxygen atoms in total. The van der Waals surface area contributed by atoms with Gasteiger partial charge in [0.2, 0.25) is 10.0 Å². The molecule has 0 aliphatic heterocycles. The first-order chi connectivity index (χ1) is 8.92. The van der Waals surface area contributed by atoms with Crippen LogP contribution in [0.25, 0.3) is 0 Å². The number of aliphatic hydroxyl groups is 1. The van der Waals surface area contributed by atoms with Gasteiger partial charge in [-0.25, -0.2) is 13.1 Å². The predicted octanol–water partition coefficient (Wildman–Crippen LogP) is 3.20. The molecule has 0 aromatic carbocycles. The monoisotopic (exact) mass is 401 g/mol. The lowest BCUT2D eigenvalue weighted by atomic mass is 10.5. The highest BCUT2D eigenvalue weighted by molar-refractivity contribution is 9.11. The van der Waals surface area contributed by atoms with Crippen LogP contribution in [0.5, 0.6) is 0 Å². The predicted molar refractivity (Wildman–Crippen MR) is 81.3 cm³/mol. The first-order valence-corrected chi connectivity index (χ1v) is 9.34. The highest BCUT2D eigenvalue weighted by atomic mass is 79.9. The molecule has 0 aliphatic rings. The summed E-state index contributed by atoms with van der Waals surface area (Å²) < 4.78 is 27.8. The van der Waals surface area contributed by atoms with E-state index in [1.165, 1.54) is 28.7 Å². The second kappa shape index (κ2) is 6.21. The Bertz CT molecular complexity index is 680. The topological polar surface area (TPSA) is 66.4 Å². The van der Waals surface area contributed by atoms with Crippen LogP contribution in [0.3, 0.4) is 0 Å². The van der Waals surface area contributed by atoms with Gasteiger partial charge in [-0.3, -0.25) is 0 Å². The molecular formula is C10H9BrClNO3S3. The Kier molecular flexibility index (Phi) is 5.04. The number of rotatable bonds is 5. The number of halogens is 2. The van der Waals surface area contributed by atoms with Crippen molar-refractivity contribution < 1.29 is 13.5 Å². The summed E-state index contributed by atoms with van der Waals surface area (Å²) in [5.74, 6) is 0. The highest BCUT2D eigenvalue weighted by Crippen LogP contribution is 2.32. The molecule has 9 heteroatoms. The fraction of sp³-hybridized carbons (Fsp3) is 0.200. The zero-order chi connectivity index (χ0) is 14.0. The second-order valence-corrected chi connectivity index (χ2v) is 9.53. The summed E-state index contributed by atoms with van der Waals surface area (Å²) in [6, 6.07) is 4.95. The van der Waals surface area contributed by atoms with Gasteiger partial charge in [-0.1, -0.05) is 11.6 Å². The molecule has 2 aromatic rings. The molecule has 2 heterocycles. The maximum Gasteiger partial charge on any atom is 0.242 e. The van der Waals surface area contributed by atoms with Crippen LogP contribution in [0.15, 0.2) is 26.9 Å². The Morgan fingerprint density at radius 3 is 2.58 bits per heavy atom. The van der Waals surface area contributed by atoms with Gasteiger partial charge in [0, 0.05) is 16.3 Å². The smallest absolute Gasteiger partial charge is 0.242 e. The minimum absolute atomic E-state index is 0.143. The summed E-state index contributed by atoms with van der Waals surface area (Å²) in [4.78, 5) is 1.57. The third kappa shape index (κ3) is 3.78. The third-order valence-electron chi connectivity index (χ3n) is 2.22. The highest BCUT2D eigenvalue weighted by Gasteiger charge is 2.20. The van der Waals surface area contributed by atoms with E-state index in [-0.39, 0.29) is 18.0 Å². The van der Waals surface area contributed by atoms with Crippen LogP contribution in [-0.2, 0) is 23.2 Å². The molecule has 0 bridgehead atoms. The molecular weight excluding hydrogens is 394 g/mol. The minimum atomic E-state index is -3.60. The van der Waals surface area contributed by atoms with Crippen LogP contribution in [0.4, 0.5) is 0 Å². The van der Waals surface area contributed by atoms with Crippen molar-refractivity contribution in [2.75, 3.05) is 0 Å². The molecule has 104 valence electrons. The first-order valence-electron chi connectivity index (χ1n) is 5.05. The largest absolute Gasteiger partial charge is 0.391 e. The summed E-state index contributed by atoms with van der Waals surface area (Å²) in [5.41, 5.74) is 0. The summed E-state index contributed by atoms with van der Waals surface area (Å²) >= 11 is 11.5. The lowest BCUT2D eigenvalue weighted by Gasteiger charge is -2.04. The van der Waals surface area contributed by atoms with E-state index in [0.29, 0.717) is 13.0 Å². The van der Waals surface area contributed by atoms with Crippen LogP contribution in [-0.4, -0.2) is 13.5 Å². The van der Waals surface area contributed by atoms with Gasteiger partial charge in [0.1, 0.15) is 4.90 Å². The Labute approximate surface area is 132 Å². The van der Waals surface area contributed by atoms with Gasteiger partial charge >= 0.3 is 0 Å². The number of hydrogen-bond acceptors (Lipinski definition) is 5. The SMILES string of the molecule is O=S(=O)(NCc1ccc(Cl)s1)c1cc(CO)sc1Br. The quantitative estimate of drug-likeness (QED) is 0.807. The summed E-state index contributed by atoms with van der Waals surface area (Å²) in [6.45, 7) is 0.00971. The van der Waals surface area contributed by atoms with Gasteiger partial charge in [-0.2, -0.15) is 0 Å². The molecule has 2 aromatic heterocycles. The number of thiophene rings is 2. The lowest BCUT2D eigenvalue weighted by molar-refractivity contribution is 0.285. The number of nitrogens with one attached hydrogen (secondary N) is 1. The van der Waals surface area contributed by atoms with E-state index in [4.69, 9.17) is 16.7 Å². The molecule has 0 fully saturated rings. The molecule has 0 amide bonds. The molecule has 0 radical (unpaired) electrons. The van der Waals surface area contributed by atoms with Gasteiger partial charge in [-0.05, 0) is 34.1 Å². The molecule has 19 heavy (non-hydrogen) atoms. The van der Waals surface area contributed by atoms with E-state index in [9.17, 15) is 8.42 Å². The average molecular weight is 403 g/mol. The zero-order valence-electron chi connectivity index (χ0n) is 9.39. The fourth-order valence-corrected chi connectivity index (χ4v) is 6.02. The van der Waals surface area contributed by atoms with Crippen LogP contribution in [0.1, 0.15) is 9.75 Å². The maximum absolute atomic E-state index is 12.1. The maximum atomic E-state index is 12.1. The van der Waals surface area contributed by atoms with Crippen LogP contribution in [0.2, 0.25) is 4.34 Å². The van der Waals surface area contributed by atoms with Crippen molar-refractivity contribution in [2.45, 2.75) is 18.0 Å². The van der Waals surface area contributed by atoms with Crippen molar-refractivity contribution >= 4 is 60.2 Å². The molecule has 0 aliphatic carbocycles. The summed E-state index contributed by atoms with van der Waals surface area (Å²) in [6.07, 6.45) is 0. The molecule has 2 rings (SSSR count). The number of hydrogen-bond donors (Lipinski definition) is 2. The molecule has 2 N–H and O–H groups in total. The Balaban J connectivity index is 2.15. The molecule has 0 atom stereocenters. The van der Waals surface area contributed by atoms with Crippen molar-refractivity contribution in [3.8, 4) is 0 Å². The van der Waals surface area contributed by atoms with Gasteiger partial charge < -0.3 is 5.11 Å². The van der Waals surface area contributed by atoms with E-state index >= 15 is 0 Å². The van der Waals surface area contributed by atoms with Crippen LogP contribution < -0.4 is 4.72 Å². The van der Waals surface area contributed by atoms with E-state index in [0.717, 1.165) is 4.88 Å². The zero-order valence-corrected chi connectivity index (χ0v) is 14.2. The average Bonchev–Trinajstić information content (AvgIpc) is 2.93. The van der Waals surface area contributed by atoms with Gasteiger partial charge in [0.05, 0.1) is 14.7 Å². The molecule has 0 saturated carbocycles. The van der Waals surface area contributed by atoms with E-state index in [2.05, 4.69) is 20.7 Å². The van der Waals surface area contributed by atoms with Crippen molar-refractivity contribution in [3.05, 3.63) is 36.1 Å². The number of sulfonamides is 1. The first kappa shape index (κ1) is 15.4. The van der Waals surface area contributed by atoms with Crippen molar-refractivity contribution in [2.24, 2.45) is 0 Å². The van der Waals surface area contributed by atoms with Crippen LogP contribution in [0, 0.1) is 0 Å². The molecule has 0 spiro atoms.